The molecule has 1 rings (SSSR count). The largest absolute Gasteiger partial charge is 0.493 e. The third-order valence-corrected chi connectivity index (χ3v) is 2.03. The van der Waals surface area contributed by atoms with Crippen molar-refractivity contribution in [3.63, 3.8) is 0 Å². The highest BCUT2D eigenvalue weighted by atomic mass is 16.5. The van der Waals surface area contributed by atoms with Crippen molar-refractivity contribution in [2.75, 3.05) is 6.61 Å². The number of benzene rings is 1. The molecule has 0 aliphatic heterocycles. The Labute approximate surface area is 95.8 Å². The second-order valence-corrected chi connectivity index (χ2v) is 4.09. The topological polar surface area (TPSA) is 64.3 Å². The Kier molecular flexibility index (Phi) is 4.79. The van der Waals surface area contributed by atoms with Crippen molar-refractivity contribution in [1.82, 2.24) is 5.43 Å². The van der Waals surface area contributed by atoms with Crippen LogP contribution in [0.3, 0.4) is 0 Å². The van der Waals surface area contributed by atoms with Crippen LogP contribution in [-0.4, -0.2) is 12.5 Å². The highest BCUT2D eigenvalue weighted by Crippen LogP contribution is 2.13. The van der Waals surface area contributed by atoms with E-state index in [1.54, 1.807) is 0 Å². The van der Waals surface area contributed by atoms with E-state index in [1.165, 1.54) is 0 Å². The molecule has 0 saturated carbocycles. The monoisotopic (exact) mass is 222 g/mol. The first kappa shape index (κ1) is 12.5. The Morgan fingerprint density at radius 2 is 2.00 bits per heavy atom. The van der Waals surface area contributed by atoms with Crippen molar-refractivity contribution in [3.05, 3.63) is 29.8 Å². The second kappa shape index (κ2) is 6.12. The number of carbonyl (C=O) groups excluding carboxylic acids is 1. The summed E-state index contributed by atoms with van der Waals surface area (Å²) in [6.07, 6.45) is 0.293. The maximum Gasteiger partial charge on any atom is 0.238 e. The second-order valence-electron chi connectivity index (χ2n) is 4.09. The fourth-order valence-electron chi connectivity index (χ4n) is 1.20. The van der Waals surface area contributed by atoms with Gasteiger partial charge in [-0.2, -0.15) is 0 Å². The summed E-state index contributed by atoms with van der Waals surface area (Å²) >= 11 is 0. The Bertz CT molecular complexity index is 333. The summed E-state index contributed by atoms with van der Waals surface area (Å²) in [5.74, 6) is 6.14. The first-order valence-corrected chi connectivity index (χ1v) is 5.33. The van der Waals surface area contributed by atoms with Crippen LogP contribution >= 0.6 is 0 Å². The van der Waals surface area contributed by atoms with Crippen LogP contribution in [0, 0.1) is 5.92 Å². The van der Waals surface area contributed by atoms with Crippen molar-refractivity contribution >= 4 is 5.91 Å². The zero-order chi connectivity index (χ0) is 12.0. The maximum absolute atomic E-state index is 11.0. The first-order valence-electron chi connectivity index (χ1n) is 5.33. The molecule has 1 aromatic rings. The molecule has 0 aliphatic carbocycles. The van der Waals surface area contributed by atoms with E-state index in [-0.39, 0.29) is 5.91 Å². The van der Waals surface area contributed by atoms with Gasteiger partial charge in [0.05, 0.1) is 13.0 Å². The summed E-state index contributed by atoms with van der Waals surface area (Å²) in [5, 5.41) is 0. The van der Waals surface area contributed by atoms with Gasteiger partial charge in [0, 0.05) is 0 Å². The number of hydrazine groups is 1. The van der Waals surface area contributed by atoms with Gasteiger partial charge in [-0.25, -0.2) is 5.84 Å². The molecular weight excluding hydrogens is 204 g/mol. The van der Waals surface area contributed by atoms with Gasteiger partial charge in [0.15, 0.2) is 0 Å². The molecule has 0 spiro atoms. The van der Waals surface area contributed by atoms with Crippen LogP contribution in [-0.2, 0) is 11.2 Å². The van der Waals surface area contributed by atoms with E-state index < -0.39 is 0 Å². The van der Waals surface area contributed by atoms with Crippen LogP contribution in [0.5, 0.6) is 5.75 Å². The average molecular weight is 222 g/mol. The zero-order valence-corrected chi connectivity index (χ0v) is 9.69. The summed E-state index contributed by atoms with van der Waals surface area (Å²) < 4.78 is 5.53. The fraction of sp³-hybridized carbons (Fsp3) is 0.417. The van der Waals surface area contributed by atoms with Gasteiger partial charge in [0.1, 0.15) is 5.75 Å². The molecule has 0 heterocycles. The van der Waals surface area contributed by atoms with E-state index in [4.69, 9.17) is 10.6 Å². The molecule has 0 atom stereocenters. The van der Waals surface area contributed by atoms with Gasteiger partial charge in [-0.3, -0.25) is 10.2 Å². The standard InChI is InChI=1S/C12H18N2O2/c1-9(2)8-16-11-5-3-10(4-6-11)7-12(15)14-13/h3-6,9H,7-8,13H2,1-2H3,(H,14,15). The van der Waals surface area contributed by atoms with E-state index in [2.05, 4.69) is 19.3 Å². The number of amides is 1. The Balaban J connectivity index is 2.51. The van der Waals surface area contributed by atoms with E-state index in [1.807, 2.05) is 24.3 Å². The number of hydrogen-bond acceptors (Lipinski definition) is 3. The molecule has 3 N–H and O–H groups in total. The molecule has 0 aromatic heterocycles. The summed E-state index contributed by atoms with van der Waals surface area (Å²) in [5.41, 5.74) is 3.01. The molecule has 0 fully saturated rings. The summed E-state index contributed by atoms with van der Waals surface area (Å²) in [4.78, 5) is 11.0. The lowest BCUT2D eigenvalue weighted by atomic mass is 10.1. The number of hydrogen-bond donors (Lipinski definition) is 2. The normalized spacial score (nSPS) is 10.2. The van der Waals surface area contributed by atoms with Gasteiger partial charge < -0.3 is 4.74 Å². The molecule has 4 nitrogen and oxygen atoms in total. The lowest BCUT2D eigenvalue weighted by Gasteiger charge is -2.09. The Morgan fingerprint density at radius 3 is 2.50 bits per heavy atom. The van der Waals surface area contributed by atoms with Crippen LogP contribution in [0.1, 0.15) is 19.4 Å². The van der Waals surface area contributed by atoms with Crippen LogP contribution in [0.25, 0.3) is 0 Å². The molecule has 0 unspecified atom stereocenters. The number of ether oxygens (including phenoxy) is 1. The fourth-order valence-corrected chi connectivity index (χ4v) is 1.20. The van der Waals surface area contributed by atoms with Crippen molar-refractivity contribution in [1.29, 1.82) is 0 Å². The van der Waals surface area contributed by atoms with E-state index in [9.17, 15) is 4.79 Å². The van der Waals surface area contributed by atoms with Gasteiger partial charge in [-0.15, -0.1) is 0 Å². The van der Waals surface area contributed by atoms with Crippen molar-refractivity contribution in [2.45, 2.75) is 20.3 Å². The molecule has 0 aliphatic rings. The SMILES string of the molecule is CC(C)COc1ccc(CC(=O)NN)cc1. The first-order chi connectivity index (χ1) is 7.61. The van der Waals surface area contributed by atoms with Crippen LogP contribution in [0.2, 0.25) is 0 Å². The molecule has 1 aromatic carbocycles. The molecule has 0 bridgehead atoms. The van der Waals surface area contributed by atoms with Crippen molar-refractivity contribution in [2.24, 2.45) is 11.8 Å². The maximum atomic E-state index is 11.0. The predicted octanol–water partition coefficient (Wildman–Crippen LogP) is 1.25. The molecule has 0 saturated heterocycles. The molecule has 1 amide bonds. The van der Waals surface area contributed by atoms with E-state index >= 15 is 0 Å². The summed E-state index contributed by atoms with van der Waals surface area (Å²) in [6, 6.07) is 7.46. The lowest BCUT2D eigenvalue weighted by Crippen LogP contribution is -2.31. The summed E-state index contributed by atoms with van der Waals surface area (Å²) in [7, 11) is 0. The summed E-state index contributed by atoms with van der Waals surface area (Å²) in [6.45, 7) is 4.89. The number of nitrogens with one attached hydrogen (secondary N) is 1. The van der Waals surface area contributed by atoms with Gasteiger partial charge in [-0.1, -0.05) is 26.0 Å². The van der Waals surface area contributed by atoms with Gasteiger partial charge in [0.2, 0.25) is 5.91 Å². The van der Waals surface area contributed by atoms with Crippen molar-refractivity contribution < 1.29 is 9.53 Å². The van der Waals surface area contributed by atoms with Crippen LogP contribution < -0.4 is 16.0 Å². The predicted molar refractivity (Wildman–Crippen MR) is 62.8 cm³/mol. The highest BCUT2D eigenvalue weighted by molar-refractivity contribution is 5.77. The third-order valence-electron chi connectivity index (χ3n) is 2.03. The number of carbonyl (C=O) groups is 1. The van der Waals surface area contributed by atoms with Crippen LogP contribution in [0.15, 0.2) is 24.3 Å². The molecule has 4 heteroatoms. The van der Waals surface area contributed by atoms with E-state index in [0.717, 1.165) is 11.3 Å². The highest BCUT2D eigenvalue weighted by Gasteiger charge is 2.02. The average Bonchev–Trinajstić information content (AvgIpc) is 2.28. The molecular formula is C12H18N2O2. The Hall–Kier alpha value is -1.55. The number of nitrogens with two attached hydrogens (primary N) is 1. The quantitative estimate of drug-likeness (QED) is 0.448. The van der Waals surface area contributed by atoms with Gasteiger partial charge >= 0.3 is 0 Å². The zero-order valence-electron chi connectivity index (χ0n) is 9.69. The van der Waals surface area contributed by atoms with E-state index in [0.29, 0.717) is 18.9 Å². The number of rotatable bonds is 5. The molecule has 88 valence electrons. The Morgan fingerprint density at radius 1 is 1.38 bits per heavy atom. The minimum absolute atomic E-state index is 0.198. The van der Waals surface area contributed by atoms with Gasteiger partial charge in [0.25, 0.3) is 0 Å². The van der Waals surface area contributed by atoms with Crippen molar-refractivity contribution in [3.8, 4) is 5.75 Å². The van der Waals surface area contributed by atoms with Gasteiger partial charge in [-0.05, 0) is 23.6 Å². The van der Waals surface area contributed by atoms with Crippen LogP contribution in [0.4, 0.5) is 0 Å². The molecule has 0 radical (unpaired) electrons. The minimum Gasteiger partial charge on any atom is -0.493 e. The minimum atomic E-state index is -0.198. The molecule has 16 heavy (non-hydrogen) atoms. The third kappa shape index (κ3) is 4.31. The smallest absolute Gasteiger partial charge is 0.238 e. The lowest BCUT2D eigenvalue weighted by molar-refractivity contribution is -0.120.